The molecule has 1 amide bonds. The molecular weight excluding hydrogens is 383 g/mol. The number of hydrogen-bond donors (Lipinski definition) is 1. The van der Waals surface area contributed by atoms with Gasteiger partial charge in [-0.2, -0.15) is 0 Å². The first-order valence-electron chi connectivity index (χ1n) is 8.19. The molecule has 134 valence electrons. The summed E-state index contributed by atoms with van der Waals surface area (Å²) in [5, 5.41) is 4.35. The van der Waals surface area contributed by atoms with Crippen LogP contribution in [0.3, 0.4) is 0 Å². The van der Waals surface area contributed by atoms with Crippen molar-refractivity contribution in [3.05, 3.63) is 82.5 Å². The molecule has 2 aromatic carbocycles. The van der Waals surface area contributed by atoms with Crippen LogP contribution in [0.4, 0.5) is 5.69 Å². The number of rotatable bonds is 3. The van der Waals surface area contributed by atoms with Gasteiger partial charge in [0.2, 0.25) is 0 Å². The van der Waals surface area contributed by atoms with Crippen LogP contribution in [0.15, 0.2) is 61.1 Å². The van der Waals surface area contributed by atoms with Gasteiger partial charge in [-0.05, 0) is 31.2 Å². The zero-order valence-corrected chi connectivity index (χ0v) is 15.8. The minimum Gasteiger partial charge on any atom is -0.320 e. The second kappa shape index (κ2) is 7.02. The summed E-state index contributed by atoms with van der Waals surface area (Å²) in [6.45, 7) is 1.93. The van der Waals surface area contributed by atoms with Gasteiger partial charge in [-0.1, -0.05) is 41.4 Å². The van der Waals surface area contributed by atoms with Gasteiger partial charge < -0.3 is 9.88 Å². The van der Waals surface area contributed by atoms with Crippen molar-refractivity contribution in [1.82, 2.24) is 14.5 Å². The van der Waals surface area contributed by atoms with Crippen molar-refractivity contribution >= 4 is 45.7 Å². The van der Waals surface area contributed by atoms with Crippen LogP contribution in [0.2, 0.25) is 10.0 Å². The van der Waals surface area contributed by atoms with E-state index in [2.05, 4.69) is 15.3 Å². The van der Waals surface area contributed by atoms with E-state index in [1.54, 1.807) is 36.7 Å². The Morgan fingerprint density at radius 3 is 2.44 bits per heavy atom. The number of amides is 1. The number of para-hydroxylation sites is 1. The maximum atomic E-state index is 12.7. The van der Waals surface area contributed by atoms with Crippen molar-refractivity contribution in [2.45, 2.75) is 6.92 Å². The van der Waals surface area contributed by atoms with Gasteiger partial charge in [-0.15, -0.1) is 0 Å². The molecule has 0 bridgehead atoms. The first-order chi connectivity index (χ1) is 13.1. The normalized spacial score (nSPS) is 10.9. The van der Waals surface area contributed by atoms with Crippen molar-refractivity contribution in [2.75, 3.05) is 5.32 Å². The molecule has 4 aromatic rings. The number of nitrogens with one attached hydrogen (secondary N) is 1. The lowest BCUT2D eigenvalue weighted by atomic mass is 10.1. The fraction of sp³-hybridized carbons (Fsp3) is 0.0500. The fourth-order valence-electron chi connectivity index (χ4n) is 3.00. The Morgan fingerprint density at radius 1 is 1.00 bits per heavy atom. The summed E-state index contributed by atoms with van der Waals surface area (Å²) < 4.78 is 1.97. The van der Waals surface area contributed by atoms with Crippen molar-refractivity contribution in [1.29, 1.82) is 0 Å². The van der Waals surface area contributed by atoms with E-state index in [0.29, 0.717) is 21.2 Å². The average molecular weight is 397 g/mol. The van der Waals surface area contributed by atoms with Crippen LogP contribution < -0.4 is 5.32 Å². The van der Waals surface area contributed by atoms with E-state index in [1.807, 2.05) is 35.9 Å². The first kappa shape index (κ1) is 17.5. The molecule has 0 atom stereocenters. The SMILES string of the molecule is Cc1nccn1-c1ccnc2c(NC(=O)c3c(Cl)cccc3Cl)cccc12. The first-order valence-corrected chi connectivity index (χ1v) is 8.95. The Hall–Kier alpha value is -2.89. The summed E-state index contributed by atoms with van der Waals surface area (Å²) in [5.41, 5.74) is 2.41. The summed E-state index contributed by atoms with van der Waals surface area (Å²) in [4.78, 5) is 21.5. The van der Waals surface area contributed by atoms with Crippen LogP contribution in [0.5, 0.6) is 0 Å². The number of pyridine rings is 1. The molecule has 4 rings (SSSR count). The summed E-state index contributed by atoms with van der Waals surface area (Å²) in [6.07, 6.45) is 5.33. The van der Waals surface area contributed by atoms with Gasteiger partial charge in [0.1, 0.15) is 5.82 Å². The number of aromatic nitrogens is 3. The quantitative estimate of drug-likeness (QED) is 0.511. The predicted molar refractivity (Wildman–Crippen MR) is 108 cm³/mol. The molecule has 7 heteroatoms. The number of aryl methyl sites for hydroxylation is 1. The zero-order valence-electron chi connectivity index (χ0n) is 14.3. The third-order valence-corrected chi connectivity index (χ3v) is 4.90. The Labute approximate surface area is 165 Å². The maximum Gasteiger partial charge on any atom is 0.258 e. The number of anilines is 1. The lowest BCUT2D eigenvalue weighted by Crippen LogP contribution is -2.13. The second-order valence-corrected chi connectivity index (χ2v) is 6.74. The topological polar surface area (TPSA) is 59.8 Å². The minimum absolute atomic E-state index is 0.236. The van der Waals surface area contributed by atoms with Crippen molar-refractivity contribution < 1.29 is 4.79 Å². The third-order valence-electron chi connectivity index (χ3n) is 4.27. The van der Waals surface area contributed by atoms with E-state index in [9.17, 15) is 4.79 Å². The summed E-state index contributed by atoms with van der Waals surface area (Å²) >= 11 is 12.3. The highest BCUT2D eigenvalue weighted by Crippen LogP contribution is 2.29. The highest BCUT2D eigenvalue weighted by molar-refractivity contribution is 6.40. The largest absolute Gasteiger partial charge is 0.320 e. The van der Waals surface area contributed by atoms with Crippen LogP contribution in [0.25, 0.3) is 16.6 Å². The standard InChI is InChI=1S/C20H14Cl2N4O/c1-12-23-10-11-26(12)17-8-9-24-19-13(17)4-2-7-16(19)25-20(27)18-14(21)5-3-6-15(18)22/h2-11H,1H3,(H,25,27). The van der Waals surface area contributed by atoms with Gasteiger partial charge in [0, 0.05) is 24.0 Å². The molecule has 0 radical (unpaired) electrons. The van der Waals surface area contributed by atoms with Gasteiger partial charge in [0.25, 0.3) is 5.91 Å². The van der Waals surface area contributed by atoms with Gasteiger partial charge in [0.05, 0.1) is 32.5 Å². The van der Waals surface area contributed by atoms with Crippen molar-refractivity contribution in [3.8, 4) is 5.69 Å². The van der Waals surface area contributed by atoms with Crippen molar-refractivity contribution in [3.63, 3.8) is 0 Å². The van der Waals surface area contributed by atoms with Crippen LogP contribution in [-0.2, 0) is 0 Å². The number of imidazole rings is 1. The van der Waals surface area contributed by atoms with E-state index in [1.165, 1.54) is 0 Å². The lowest BCUT2D eigenvalue weighted by molar-refractivity contribution is 0.102. The van der Waals surface area contributed by atoms with E-state index in [0.717, 1.165) is 16.9 Å². The molecule has 27 heavy (non-hydrogen) atoms. The predicted octanol–water partition coefficient (Wildman–Crippen LogP) is 5.29. The molecule has 0 aliphatic heterocycles. The molecule has 1 N–H and O–H groups in total. The second-order valence-electron chi connectivity index (χ2n) is 5.93. The molecule has 0 aliphatic carbocycles. The Bertz CT molecular complexity index is 1150. The molecule has 0 saturated heterocycles. The number of carbonyl (C=O) groups excluding carboxylic acids is 1. The van der Waals surface area contributed by atoms with Crippen LogP contribution >= 0.6 is 23.2 Å². The van der Waals surface area contributed by atoms with Gasteiger partial charge in [-0.3, -0.25) is 9.78 Å². The van der Waals surface area contributed by atoms with Crippen LogP contribution in [0.1, 0.15) is 16.2 Å². The molecule has 2 heterocycles. The Morgan fingerprint density at radius 2 is 1.74 bits per heavy atom. The molecule has 5 nitrogen and oxygen atoms in total. The molecular formula is C20H14Cl2N4O. The number of halogens is 2. The number of hydrogen-bond acceptors (Lipinski definition) is 3. The van der Waals surface area contributed by atoms with E-state index >= 15 is 0 Å². The minimum atomic E-state index is -0.385. The molecule has 0 unspecified atom stereocenters. The average Bonchev–Trinajstić information content (AvgIpc) is 3.07. The number of benzene rings is 2. The zero-order chi connectivity index (χ0) is 19.0. The van der Waals surface area contributed by atoms with Crippen LogP contribution in [-0.4, -0.2) is 20.4 Å². The van der Waals surface area contributed by atoms with Crippen LogP contribution in [0, 0.1) is 6.92 Å². The molecule has 0 saturated carbocycles. The highest BCUT2D eigenvalue weighted by atomic mass is 35.5. The smallest absolute Gasteiger partial charge is 0.258 e. The third kappa shape index (κ3) is 3.16. The molecule has 0 fully saturated rings. The van der Waals surface area contributed by atoms with Gasteiger partial charge in [-0.25, -0.2) is 4.98 Å². The summed E-state index contributed by atoms with van der Waals surface area (Å²) in [7, 11) is 0. The Balaban J connectivity index is 1.80. The fourth-order valence-corrected chi connectivity index (χ4v) is 3.57. The van der Waals surface area contributed by atoms with Gasteiger partial charge in [0.15, 0.2) is 0 Å². The van der Waals surface area contributed by atoms with E-state index < -0.39 is 0 Å². The summed E-state index contributed by atoms with van der Waals surface area (Å²) in [6, 6.07) is 12.5. The molecule has 0 aliphatic rings. The lowest BCUT2D eigenvalue weighted by Gasteiger charge is -2.13. The number of nitrogens with zero attached hydrogens (tertiary/aromatic N) is 3. The summed E-state index contributed by atoms with van der Waals surface area (Å²) in [5.74, 6) is 0.476. The molecule has 0 spiro atoms. The van der Waals surface area contributed by atoms with E-state index in [-0.39, 0.29) is 11.5 Å². The Kier molecular flexibility index (Phi) is 4.56. The van der Waals surface area contributed by atoms with E-state index in [4.69, 9.17) is 23.2 Å². The molecule has 2 aromatic heterocycles. The highest BCUT2D eigenvalue weighted by Gasteiger charge is 2.17. The maximum absolute atomic E-state index is 12.7. The number of fused-ring (bicyclic) bond motifs is 1. The van der Waals surface area contributed by atoms with Gasteiger partial charge >= 0.3 is 0 Å². The van der Waals surface area contributed by atoms with Crippen molar-refractivity contribution in [2.24, 2.45) is 0 Å². The monoisotopic (exact) mass is 396 g/mol. The number of carbonyl (C=O) groups is 1.